The van der Waals surface area contributed by atoms with Crippen molar-refractivity contribution in [3.63, 3.8) is 0 Å². The van der Waals surface area contributed by atoms with Crippen LogP contribution in [0, 0.1) is 11.8 Å². The summed E-state index contributed by atoms with van der Waals surface area (Å²) in [5.41, 5.74) is 2.95. The van der Waals surface area contributed by atoms with Crippen molar-refractivity contribution in [2.24, 2.45) is 11.8 Å². The van der Waals surface area contributed by atoms with E-state index < -0.39 is 0 Å². The Labute approximate surface area is 122 Å². The van der Waals surface area contributed by atoms with Gasteiger partial charge in [0.05, 0.1) is 0 Å². The molecule has 2 nitrogen and oxygen atoms in total. The minimum Gasteiger partial charge on any atom is -0.316 e. The summed E-state index contributed by atoms with van der Waals surface area (Å²) in [7, 11) is 0. The first-order chi connectivity index (χ1) is 9.86. The Balaban J connectivity index is 1.47. The van der Waals surface area contributed by atoms with E-state index in [4.69, 9.17) is 0 Å². The minimum absolute atomic E-state index is 0.734. The Morgan fingerprint density at radius 2 is 2.10 bits per heavy atom. The van der Waals surface area contributed by atoms with Crippen LogP contribution in [0.1, 0.15) is 31.7 Å². The summed E-state index contributed by atoms with van der Waals surface area (Å²) in [6.07, 6.45) is 6.22. The fourth-order valence-electron chi connectivity index (χ4n) is 3.09. The maximum absolute atomic E-state index is 3.74. The molecule has 1 saturated carbocycles. The van der Waals surface area contributed by atoms with Gasteiger partial charge in [-0.2, -0.15) is 0 Å². The first kappa shape index (κ1) is 13.8. The van der Waals surface area contributed by atoms with Gasteiger partial charge in [-0.15, -0.1) is 0 Å². The number of benzene rings is 1. The van der Waals surface area contributed by atoms with Gasteiger partial charge in [0.25, 0.3) is 0 Å². The van der Waals surface area contributed by atoms with Crippen molar-refractivity contribution in [1.82, 2.24) is 10.6 Å². The monoisotopic (exact) mass is 270 g/mol. The van der Waals surface area contributed by atoms with Crippen molar-refractivity contribution in [2.45, 2.75) is 32.2 Å². The fraction of sp³-hybridized carbons (Fsp3) is 0.556. The van der Waals surface area contributed by atoms with E-state index in [0.717, 1.165) is 17.9 Å². The molecule has 0 amide bonds. The zero-order chi connectivity index (χ0) is 13.8. The van der Waals surface area contributed by atoms with Gasteiger partial charge in [0.2, 0.25) is 0 Å². The van der Waals surface area contributed by atoms with Gasteiger partial charge in [-0.3, -0.25) is 0 Å². The largest absolute Gasteiger partial charge is 0.316 e. The zero-order valence-electron chi connectivity index (χ0n) is 12.4. The van der Waals surface area contributed by atoms with E-state index in [2.05, 4.69) is 54.0 Å². The maximum atomic E-state index is 3.74. The molecule has 1 aliphatic heterocycles. The van der Waals surface area contributed by atoms with Crippen LogP contribution in [0.2, 0.25) is 0 Å². The highest BCUT2D eigenvalue weighted by atomic mass is 15.0. The van der Waals surface area contributed by atoms with Crippen LogP contribution < -0.4 is 10.6 Å². The summed E-state index contributed by atoms with van der Waals surface area (Å²) in [6, 6.07) is 11.5. The summed E-state index contributed by atoms with van der Waals surface area (Å²) < 4.78 is 0. The third-order valence-electron chi connectivity index (χ3n) is 4.65. The van der Waals surface area contributed by atoms with Crippen molar-refractivity contribution in [1.29, 1.82) is 0 Å². The zero-order valence-corrected chi connectivity index (χ0v) is 12.4. The molecule has 2 unspecified atom stereocenters. The second kappa shape index (κ2) is 6.55. The van der Waals surface area contributed by atoms with E-state index in [1.54, 1.807) is 5.57 Å². The van der Waals surface area contributed by atoms with Crippen molar-refractivity contribution in [2.75, 3.05) is 19.6 Å². The van der Waals surface area contributed by atoms with Gasteiger partial charge in [0, 0.05) is 6.04 Å². The minimum atomic E-state index is 0.734. The van der Waals surface area contributed by atoms with Crippen LogP contribution in [0.4, 0.5) is 0 Å². The van der Waals surface area contributed by atoms with Gasteiger partial charge in [-0.1, -0.05) is 48.9 Å². The number of hydrogen-bond acceptors (Lipinski definition) is 2. The van der Waals surface area contributed by atoms with Crippen molar-refractivity contribution >= 4 is 6.08 Å². The molecule has 1 heterocycles. The van der Waals surface area contributed by atoms with Gasteiger partial charge >= 0.3 is 0 Å². The Morgan fingerprint density at radius 1 is 1.30 bits per heavy atom. The topological polar surface area (TPSA) is 24.1 Å². The van der Waals surface area contributed by atoms with Crippen LogP contribution >= 0.6 is 0 Å². The van der Waals surface area contributed by atoms with Crippen LogP contribution in [0.15, 0.2) is 35.9 Å². The highest BCUT2D eigenvalue weighted by Gasteiger charge is 2.38. The third-order valence-corrected chi connectivity index (χ3v) is 4.65. The van der Waals surface area contributed by atoms with E-state index in [-0.39, 0.29) is 0 Å². The molecular weight excluding hydrogens is 244 g/mol. The van der Waals surface area contributed by atoms with Crippen LogP contribution in [0.3, 0.4) is 0 Å². The number of rotatable bonds is 7. The molecule has 1 saturated heterocycles. The fourth-order valence-corrected chi connectivity index (χ4v) is 3.09. The van der Waals surface area contributed by atoms with Gasteiger partial charge in [0.15, 0.2) is 0 Å². The quantitative estimate of drug-likeness (QED) is 0.795. The van der Waals surface area contributed by atoms with E-state index in [0.29, 0.717) is 0 Å². The number of nitrogens with one attached hydrogen (secondary N) is 2. The summed E-state index contributed by atoms with van der Waals surface area (Å²) in [5, 5.41) is 7.08. The van der Waals surface area contributed by atoms with E-state index >= 15 is 0 Å². The van der Waals surface area contributed by atoms with Crippen molar-refractivity contribution in [3.05, 3.63) is 41.5 Å². The molecule has 2 heteroatoms. The molecule has 108 valence electrons. The van der Waals surface area contributed by atoms with E-state index in [9.17, 15) is 0 Å². The normalized spacial score (nSPS) is 26.4. The van der Waals surface area contributed by atoms with Crippen LogP contribution in [-0.4, -0.2) is 25.7 Å². The Morgan fingerprint density at radius 3 is 2.75 bits per heavy atom. The second-order valence-corrected chi connectivity index (χ2v) is 6.20. The molecule has 3 rings (SSSR count). The standard InChI is InChI=1S/C18H26N2/c1-2-16(10-14-6-4-3-5-7-14)17-11-18(17)20-9-8-15-12-19-13-15/h3-7,10,15,17-20H,2,8-9,11-13H2,1H3. The molecule has 1 aromatic carbocycles. The highest BCUT2D eigenvalue weighted by molar-refractivity contribution is 5.54. The molecule has 0 bridgehead atoms. The summed E-state index contributed by atoms with van der Waals surface area (Å²) in [5.74, 6) is 1.70. The third kappa shape index (κ3) is 3.50. The van der Waals surface area contributed by atoms with Gasteiger partial charge in [0.1, 0.15) is 0 Å². The molecular formula is C18H26N2. The SMILES string of the molecule is CCC(=Cc1ccccc1)C1CC1NCCC1CNC1. The molecule has 0 aromatic heterocycles. The van der Waals surface area contributed by atoms with Crippen molar-refractivity contribution in [3.8, 4) is 0 Å². The maximum Gasteiger partial charge on any atom is 0.0139 e. The smallest absolute Gasteiger partial charge is 0.0139 e. The van der Waals surface area contributed by atoms with Crippen LogP contribution in [0.25, 0.3) is 6.08 Å². The first-order valence-corrected chi connectivity index (χ1v) is 8.06. The molecule has 2 atom stereocenters. The lowest BCUT2D eigenvalue weighted by Gasteiger charge is -2.27. The molecule has 20 heavy (non-hydrogen) atoms. The molecule has 2 aliphatic rings. The van der Waals surface area contributed by atoms with E-state index in [1.165, 1.54) is 44.5 Å². The highest BCUT2D eigenvalue weighted by Crippen LogP contribution is 2.39. The molecule has 0 spiro atoms. The summed E-state index contributed by atoms with van der Waals surface area (Å²) >= 11 is 0. The van der Waals surface area contributed by atoms with Gasteiger partial charge < -0.3 is 10.6 Å². The summed E-state index contributed by atoms with van der Waals surface area (Å²) in [6.45, 7) is 5.92. The average molecular weight is 270 g/mol. The predicted molar refractivity (Wildman–Crippen MR) is 85.6 cm³/mol. The lowest BCUT2D eigenvalue weighted by Crippen LogP contribution is -2.43. The van der Waals surface area contributed by atoms with Crippen LogP contribution in [0.5, 0.6) is 0 Å². The van der Waals surface area contributed by atoms with Gasteiger partial charge in [-0.25, -0.2) is 0 Å². The Bertz CT molecular complexity index is 448. The molecule has 2 N–H and O–H groups in total. The van der Waals surface area contributed by atoms with Gasteiger partial charge in [-0.05, 0) is 56.3 Å². The lowest BCUT2D eigenvalue weighted by atomic mass is 9.99. The molecule has 2 fully saturated rings. The predicted octanol–water partition coefficient (Wildman–Crippen LogP) is 3.07. The Hall–Kier alpha value is -1.12. The van der Waals surface area contributed by atoms with Crippen LogP contribution in [-0.2, 0) is 0 Å². The van der Waals surface area contributed by atoms with Crippen molar-refractivity contribution < 1.29 is 0 Å². The first-order valence-electron chi connectivity index (χ1n) is 8.06. The molecule has 1 aromatic rings. The second-order valence-electron chi connectivity index (χ2n) is 6.20. The summed E-state index contributed by atoms with van der Waals surface area (Å²) in [4.78, 5) is 0. The Kier molecular flexibility index (Phi) is 4.54. The lowest BCUT2D eigenvalue weighted by molar-refractivity contribution is 0.321. The molecule has 0 radical (unpaired) electrons. The number of hydrogen-bond donors (Lipinski definition) is 2. The average Bonchev–Trinajstić information content (AvgIpc) is 3.19. The molecule has 1 aliphatic carbocycles. The van der Waals surface area contributed by atoms with E-state index in [1.807, 2.05) is 0 Å².